The molecule has 2 aromatic carbocycles. The summed E-state index contributed by atoms with van der Waals surface area (Å²) in [5.41, 5.74) is 0.441. The van der Waals surface area contributed by atoms with Gasteiger partial charge in [-0.05, 0) is 36.3 Å². The maximum absolute atomic E-state index is 12.5. The Bertz CT molecular complexity index is 786. The number of carbonyl (C=O) groups excluding carboxylic acids is 2. The summed E-state index contributed by atoms with van der Waals surface area (Å²) in [5.74, 6) is 0.583. The number of carbonyl (C=O) groups is 2. The Morgan fingerprint density at radius 2 is 1.92 bits per heavy atom. The summed E-state index contributed by atoms with van der Waals surface area (Å²) < 4.78 is 10.6. The molecule has 1 atom stereocenters. The molecular weight excluding hydrogens is 318 g/mol. The van der Waals surface area contributed by atoms with Crippen molar-refractivity contribution in [2.45, 2.75) is 19.8 Å². The van der Waals surface area contributed by atoms with Gasteiger partial charge in [-0.25, -0.2) is 4.79 Å². The lowest BCUT2D eigenvalue weighted by Crippen LogP contribution is -2.41. The van der Waals surface area contributed by atoms with E-state index in [0.717, 1.165) is 36.7 Å². The Kier molecular flexibility index (Phi) is 5.22. The Morgan fingerprint density at radius 1 is 1.16 bits per heavy atom. The van der Waals surface area contributed by atoms with E-state index in [-0.39, 0.29) is 12.5 Å². The zero-order chi connectivity index (χ0) is 17.8. The minimum atomic E-state index is -0.489. The van der Waals surface area contributed by atoms with Crippen molar-refractivity contribution in [1.29, 1.82) is 0 Å². The van der Waals surface area contributed by atoms with Gasteiger partial charge >= 0.3 is 5.97 Å². The SMILES string of the molecule is COc1ccc(C(=O)OCC(=O)N2CCC[C@@H](C)C2)c2ccccc12. The van der Waals surface area contributed by atoms with E-state index in [9.17, 15) is 9.59 Å². The van der Waals surface area contributed by atoms with E-state index >= 15 is 0 Å². The molecule has 1 amide bonds. The Labute approximate surface area is 147 Å². The number of fused-ring (bicyclic) bond motifs is 1. The molecule has 0 bridgehead atoms. The van der Waals surface area contributed by atoms with E-state index in [1.165, 1.54) is 0 Å². The number of esters is 1. The third-order valence-corrected chi connectivity index (χ3v) is 4.66. The molecule has 1 fully saturated rings. The molecule has 0 unspecified atom stereocenters. The minimum Gasteiger partial charge on any atom is -0.496 e. The van der Waals surface area contributed by atoms with Gasteiger partial charge in [0.05, 0.1) is 12.7 Å². The number of ether oxygens (including phenoxy) is 2. The zero-order valence-electron chi connectivity index (χ0n) is 14.7. The predicted molar refractivity (Wildman–Crippen MR) is 95.8 cm³/mol. The number of rotatable bonds is 4. The summed E-state index contributed by atoms with van der Waals surface area (Å²) in [7, 11) is 1.60. The smallest absolute Gasteiger partial charge is 0.339 e. The molecule has 1 aliphatic rings. The molecule has 0 N–H and O–H groups in total. The largest absolute Gasteiger partial charge is 0.496 e. The van der Waals surface area contributed by atoms with Crippen LogP contribution in [0.5, 0.6) is 5.75 Å². The van der Waals surface area contributed by atoms with Gasteiger partial charge in [-0.15, -0.1) is 0 Å². The fourth-order valence-corrected chi connectivity index (χ4v) is 3.34. The Hall–Kier alpha value is -2.56. The van der Waals surface area contributed by atoms with Gasteiger partial charge < -0.3 is 14.4 Å². The highest BCUT2D eigenvalue weighted by Crippen LogP contribution is 2.28. The van der Waals surface area contributed by atoms with Crippen LogP contribution in [0.15, 0.2) is 36.4 Å². The number of hydrogen-bond donors (Lipinski definition) is 0. The summed E-state index contributed by atoms with van der Waals surface area (Å²) in [4.78, 5) is 26.5. The van der Waals surface area contributed by atoms with Crippen LogP contribution in [-0.2, 0) is 9.53 Å². The standard InChI is InChI=1S/C20H23NO4/c1-14-6-5-11-21(12-14)19(22)13-25-20(23)17-9-10-18(24-2)16-8-4-3-7-15(16)17/h3-4,7-10,14H,5-6,11-13H2,1-2H3/t14-/m1/s1. The van der Waals surface area contributed by atoms with Crippen molar-refractivity contribution in [1.82, 2.24) is 4.90 Å². The molecule has 5 nitrogen and oxygen atoms in total. The molecule has 1 saturated heterocycles. The van der Waals surface area contributed by atoms with Gasteiger partial charge in [-0.3, -0.25) is 4.79 Å². The summed E-state index contributed by atoms with van der Waals surface area (Å²) in [5, 5.41) is 1.60. The predicted octanol–water partition coefficient (Wildman–Crippen LogP) is 3.26. The van der Waals surface area contributed by atoms with Crippen LogP contribution in [0, 0.1) is 5.92 Å². The Morgan fingerprint density at radius 3 is 2.64 bits per heavy atom. The lowest BCUT2D eigenvalue weighted by molar-refractivity contribution is -0.136. The minimum absolute atomic E-state index is 0.127. The number of methoxy groups -OCH3 is 1. The second kappa shape index (κ2) is 7.55. The molecule has 0 radical (unpaired) electrons. The van der Waals surface area contributed by atoms with Gasteiger partial charge in [-0.1, -0.05) is 31.2 Å². The van der Waals surface area contributed by atoms with Crippen LogP contribution in [0.2, 0.25) is 0 Å². The van der Waals surface area contributed by atoms with Gasteiger partial charge in [0.1, 0.15) is 5.75 Å². The van der Waals surface area contributed by atoms with Crippen LogP contribution >= 0.6 is 0 Å². The van der Waals surface area contributed by atoms with Crippen molar-refractivity contribution in [3.8, 4) is 5.75 Å². The maximum atomic E-state index is 12.5. The summed E-state index contributed by atoms with van der Waals surface area (Å²) in [6.45, 7) is 3.40. The summed E-state index contributed by atoms with van der Waals surface area (Å²) in [6.07, 6.45) is 2.14. The molecule has 132 valence electrons. The first-order valence-electron chi connectivity index (χ1n) is 8.60. The number of benzene rings is 2. The van der Waals surface area contributed by atoms with Crippen molar-refractivity contribution < 1.29 is 19.1 Å². The second-order valence-corrected chi connectivity index (χ2v) is 6.52. The highest BCUT2D eigenvalue weighted by atomic mass is 16.5. The Balaban J connectivity index is 1.71. The lowest BCUT2D eigenvalue weighted by Gasteiger charge is -2.30. The molecule has 1 aliphatic heterocycles. The van der Waals surface area contributed by atoms with Crippen molar-refractivity contribution in [3.05, 3.63) is 42.0 Å². The molecule has 5 heteroatoms. The molecule has 0 aromatic heterocycles. The molecule has 2 aromatic rings. The van der Waals surface area contributed by atoms with Crippen molar-refractivity contribution in [2.75, 3.05) is 26.8 Å². The van der Waals surface area contributed by atoms with E-state index in [4.69, 9.17) is 9.47 Å². The van der Waals surface area contributed by atoms with Crippen LogP contribution in [0.1, 0.15) is 30.1 Å². The van der Waals surface area contributed by atoms with Gasteiger partial charge in [0.15, 0.2) is 6.61 Å². The average molecular weight is 341 g/mol. The second-order valence-electron chi connectivity index (χ2n) is 6.52. The molecule has 3 rings (SSSR count). The zero-order valence-corrected chi connectivity index (χ0v) is 14.7. The summed E-state index contributed by atoms with van der Waals surface area (Å²) >= 11 is 0. The van der Waals surface area contributed by atoms with Crippen LogP contribution in [0.3, 0.4) is 0 Å². The quantitative estimate of drug-likeness (QED) is 0.801. The van der Waals surface area contributed by atoms with E-state index < -0.39 is 5.97 Å². The lowest BCUT2D eigenvalue weighted by atomic mass is 10.0. The van der Waals surface area contributed by atoms with Crippen molar-refractivity contribution >= 4 is 22.6 Å². The monoisotopic (exact) mass is 341 g/mol. The number of piperidine rings is 1. The van der Waals surface area contributed by atoms with Crippen LogP contribution in [-0.4, -0.2) is 43.6 Å². The summed E-state index contributed by atoms with van der Waals surface area (Å²) in [6, 6.07) is 10.9. The fourth-order valence-electron chi connectivity index (χ4n) is 3.34. The van der Waals surface area contributed by atoms with E-state index in [2.05, 4.69) is 6.92 Å². The first-order valence-corrected chi connectivity index (χ1v) is 8.60. The van der Waals surface area contributed by atoms with Crippen LogP contribution < -0.4 is 4.74 Å². The topological polar surface area (TPSA) is 55.8 Å². The van der Waals surface area contributed by atoms with Gasteiger partial charge in [0.2, 0.25) is 0 Å². The average Bonchev–Trinajstić information content (AvgIpc) is 2.64. The van der Waals surface area contributed by atoms with Crippen LogP contribution in [0.4, 0.5) is 0 Å². The van der Waals surface area contributed by atoms with Gasteiger partial charge in [0, 0.05) is 18.5 Å². The fraction of sp³-hybridized carbons (Fsp3) is 0.400. The first-order chi connectivity index (χ1) is 12.1. The van der Waals surface area contributed by atoms with E-state index in [0.29, 0.717) is 17.2 Å². The third-order valence-electron chi connectivity index (χ3n) is 4.66. The van der Waals surface area contributed by atoms with E-state index in [1.807, 2.05) is 24.3 Å². The number of hydrogen-bond acceptors (Lipinski definition) is 4. The normalized spacial score (nSPS) is 17.4. The highest BCUT2D eigenvalue weighted by Gasteiger charge is 2.22. The number of nitrogens with zero attached hydrogens (tertiary/aromatic N) is 1. The molecular formula is C20H23NO4. The third kappa shape index (κ3) is 3.76. The number of likely N-dealkylation sites (tertiary alicyclic amines) is 1. The highest BCUT2D eigenvalue weighted by molar-refractivity contribution is 6.06. The van der Waals surface area contributed by atoms with Crippen molar-refractivity contribution in [3.63, 3.8) is 0 Å². The maximum Gasteiger partial charge on any atom is 0.339 e. The van der Waals surface area contributed by atoms with Gasteiger partial charge in [-0.2, -0.15) is 0 Å². The van der Waals surface area contributed by atoms with Crippen molar-refractivity contribution in [2.24, 2.45) is 5.92 Å². The molecule has 25 heavy (non-hydrogen) atoms. The molecule has 1 heterocycles. The van der Waals surface area contributed by atoms with E-state index in [1.54, 1.807) is 24.1 Å². The molecule has 0 aliphatic carbocycles. The molecule has 0 spiro atoms. The van der Waals surface area contributed by atoms with Gasteiger partial charge in [0.25, 0.3) is 5.91 Å². The van der Waals surface area contributed by atoms with Crippen LogP contribution in [0.25, 0.3) is 10.8 Å². The molecule has 0 saturated carbocycles. The first kappa shape index (κ1) is 17.3. The number of amides is 1.